The topological polar surface area (TPSA) is 44.1 Å². The average molecular weight is 301 g/mol. The fraction of sp³-hybridized carbons (Fsp3) is 0.733. The van der Waals surface area contributed by atoms with Crippen LogP contribution in [0, 0.1) is 5.41 Å². The summed E-state index contributed by atoms with van der Waals surface area (Å²) in [4.78, 5) is 12.5. The standard InChI is InChI=1S/C15H25ClN2O2/c1-7-10-13(16)11(18(8-2)17-10)9-12(19)14(20-6)15(3,4)5/h14H,7-9H2,1-6H3. The summed E-state index contributed by atoms with van der Waals surface area (Å²) in [6.07, 6.45) is 0.582. The first kappa shape index (κ1) is 17.2. The van der Waals surface area contributed by atoms with E-state index in [9.17, 15) is 4.79 Å². The summed E-state index contributed by atoms with van der Waals surface area (Å²) in [5.41, 5.74) is 1.41. The van der Waals surface area contributed by atoms with E-state index in [-0.39, 0.29) is 17.6 Å². The van der Waals surface area contributed by atoms with Crippen LogP contribution in [0.2, 0.25) is 5.02 Å². The normalized spacial score (nSPS) is 13.6. The zero-order valence-electron chi connectivity index (χ0n) is 13.3. The van der Waals surface area contributed by atoms with E-state index in [0.717, 1.165) is 17.8 Å². The van der Waals surface area contributed by atoms with E-state index in [2.05, 4.69) is 5.10 Å². The third-order valence-electron chi connectivity index (χ3n) is 3.35. The van der Waals surface area contributed by atoms with Gasteiger partial charge < -0.3 is 4.74 Å². The Morgan fingerprint density at radius 2 is 2.00 bits per heavy atom. The van der Waals surface area contributed by atoms with E-state index < -0.39 is 6.10 Å². The van der Waals surface area contributed by atoms with Crippen LogP contribution in [0.4, 0.5) is 0 Å². The number of nitrogens with zero attached hydrogens (tertiary/aromatic N) is 2. The maximum atomic E-state index is 12.5. The largest absolute Gasteiger partial charge is 0.373 e. The molecule has 0 N–H and O–H groups in total. The molecule has 0 aliphatic carbocycles. The molecular formula is C15H25ClN2O2. The van der Waals surface area contributed by atoms with Crippen LogP contribution >= 0.6 is 11.6 Å². The number of carbonyl (C=O) groups excluding carboxylic acids is 1. The van der Waals surface area contributed by atoms with Crippen molar-refractivity contribution in [1.29, 1.82) is 0 Å². The van der Waals surface area contributed by atoms with Crippen molar-refractivity contribution >= 4 is 17.4 Å². The molecular weight excluding hydrogens is 276 g/mol. The molecule has 0 saturated heterocycles. The van der Waals surface area contributed by atoms with Gasteiger partial charge in [0.1, 0.15) is 6.10 Å². The summed E-state index contributed by atoms with van der Waals surface area (Å²) >= 11 is 6.34. The van der Waals surface area contributed by atoms with Crippen molar-refractivity contribution in [2.75, 3.05) is 7.11 Å². The van der Waals surface area contributed by atoms with Gasteiger partial charge in [0.2, 0.25) is 0 Å². The molecule has 0 bridgehead atoms. The van der Waals surface area contributed by atoms with Crippen molar-refractivity contribution in [3.05, 3.63) is 16.4 Å². The maximum Gasteiger partial charge on any atom is 0.168 e. The molecule has 0 aliphatic heterocycles. The molecule has 1 unspecified atom stereocenters. The Hall–Kier alpha value is -0.870. The molecule has 1 heterocycles. The zero-order valence-corrected chi connectivity index (χ0v) is 14.0. The lowest BCUT2D eigenvalue weighted by Gasteiger charge is -2.28. The second-order valence-corrected chi connectivity index (χ2v) is 6.38. The molecule has 1 aromatic heterocycles. The van der Waals surface area contributed by atoms with Gasteiger partial charge in [0.15, 0.2) is 5.78 Å². The number of hydrogen-bond acceptors (Lipinski definition) is 3. The first-order chi connectivity index (χ1) is 9.26. The van der Waals surface area contributed by atoms with Crippen molar-refractivity contribution in [2.45, 2.75) is 60.1 Å². The van der Waals surface area contributed by atoms with Gasteiger partial charge in [0.05, 0.1) is 22.8 Å². The highest BCUT2D eigenvalue weighted by molar-refractivity contribution is 6.32. The van der Waals surface area contributed by atoms with Crippen molar-refractivity contribution in [2.24, 2.45) is 5.41 Å². The van der Waals surface area contributed by atoms with E-state index in [4.69, 9.17) is 16.3 Å². The molecule has 1 aromatic rings. The lowest BCUT2D eigenvalue weighted by molar-refractivity contribution is -0.134. The quantitative estimate of drug-likeness (QED) is 0.810. The lowest BCUT2D eigenvalue weighted by Crippen LogP contribution is -2.37. The van der Waals surface area contributed by atoms with Gasteiger partial charge in [0, 0.05) is 13.7 Å². The van der Waals surface area contributed by atoms with Gasteiger partial charge in [-0.05, 0) is 18.8 Å². The van der Waals surface area contributed by atoms with E-state index in [0.29, 0.717) is 11.6 Å². The van der Waals surface area contributed by atoms with Crippen LogP contribution in [-0.2, 0) is 28.9 Å². The Kier molecular flexibility index (Phi) is 5.78. The van der Waals surface area contributed by atoms with E-state index in [1.165, 1.54) is 0 Å². The van der Waals surface area contributed by atoms with Crippen LogP contribution in [-0.4, -0.2) is 28.8 Å². The van der Waals surface area contributed by atoms with E-state index >= 15 is 0 Å². The summed E-state index contributed by atoms with van der Waals surface area (Å²) in [6.45, 7) is 10.7. The van der Waals surface area contributed by atoms with E-state index in [1.807, 2.05) is 39.3 Å². The molecule has 0 fully saturated rings. The third kappa shape index (κ3) is 3.61. The van der Waals surface area contributed by atoms with Crippen molar-refractivity contribution in [3.63, 3.8) is 0 Å². The minimum atomic E-state index is -0.441. The molecule has 114 valence electrons. The Balaban J connectivity index is 3.04. The number of hydrogen-bond donors (Lipinski definition) is 0. The Bertz CT molecular complexity index is 475. The number of methoxy groups -OCH3 is 1. The Labute approximate surface area is 126 Å². The fourth-order valence-electron chi connectivity index (χ4n) is 2.41. The average Bonchev–Trinajstić information content (AvgIpc) is 2.65. The van der Waals surface area contributed by atoms with Crippen LogP contribution in [0.15, 0.2) is 0 Å². The molecule has 0 aliphatic rings. The SMILES string of the molecule is CCc1nn(CC)c(CC(=O)C(OC)C(C)(C)C)c1Cl. The second kappa shape index (κ2) is 6.72. The molecule has 0 aromatic carbocycles. The molecule has 0 amide bonds. The maximum absolute atomic E-state index is 12.5. The first-order valence-electron chi connectivity index (χ1n) is 7.05. The molecule has 0 spiro atoms. The zero-order chi connectivity index (χ0) is 15.5. The molecule has 0 radical (unpaired) electrons. The molecule has 4 nitrogen and oxygen atoms in total. The number of Topliss-reactive ketones (excluding diaryl/α,β-unsaturated/α-hetero) is 1. The van der Waals surface area contributed by atoms with Gasteiger partial charge in [-0.1, -0.05) is 39.3 Å². The first-order valence-corrected chi connectivity index (χ1v) is 7.43. The van der Waals surface area contributed by atoms with Gasteiger partial charge >= 0.3 is 0 Å². The number of ketones is 1. The summed E-state index contributed by atoms with van der Waals surface area (Å²) in [7, 11) is 1.57. The smallest absolute Gasteiger partial charge is 0.168 e. The number of aromatic nitrogens is 2. The van der Waals surface area contributed by atoms with Crippen molar-refractivity contribution in [3.8, 4) is 0 Å². The van der Waals surface area contributed by atoms with Crippen LogP contribution in [0.3, 0.4) is 0 Å². The summed E-state index contributed by atoms with van der Waals surface area (Å²) < 4.78 is 7.19. The molecule has 1 rings (SSSR count). The van der Waals surface area contributed by atoms with Gasteiger partial charge in [-0.15, -0.1) is 0 Å². The second-order valence-electron chi connectivity index (χ2n) is 6.00. The molecule has 0 saturated carbocycles. The summed E-state index contributed by atoms with van der Waals surface area (Å²) in [6, 6.07) is 0. The highest BCUT2D eigenvalue weighted by atomic mass is 35.5. The fourth-order valence-corrected chi connectivity index (χ4v) is 2.75. The van der Waals surface area contributed by atoms with E-state index in [1.54, 1.807) is 7.11 Å². The lowest BCUT2D eigenvalue weighted by atomic mass is 9.85. The monoisotopic (exact) mass is 300 g/mol. The van der Waals surface area contributed by atoms with Crippen LogP contribution in [0.5, 0.6) is 0 Å². The number of rotatable bonds is 6. The summed E-state index contributed by atoms with van der Waals surface area (Å²) in [5.74, 6) is 0.0409. The van der Waals surface area contributed by atoms with Crippen LogP contribution in [0.25, 0.3) is 0 Å². The Morgan fingerprint density at radius 3 is 2.40 bits per heavy atom. The highest BCUT2D eigenvalue weighted by Gasteiger charge is 2.32. The van der Waals surface area contributed by atoms with Gasteiger partial charge in [-0.3, -0.25) is 9.48 Å². The van der Waals surface area contributed by atoms with Gasteiger partial charge in [0.25, 0.3) is 0 Å². The van der Waals surface area contributed by atoms with Crippen molar-refractivity contribution < 1.29 is 9.53 Å². The minimum Gasteiger partial charge on any atom is -0.373 e. The minimum absolute atomic E-state index is 0.0409. The predicted molar refractivity (Wildman–Crippen MR) is 81.3 cm³/mol. The third-order valence-corrected chi connectivity index (χ3v) is 3.79. The van der Waals surface area contributed by atoms with Gasteiger partial charge in [-0.2, -0.15) is 5.10 Å². The highest BCUT2D eigenvalue weighted by Crippen LogP contribution is 2.27. The number of ether oxygens (including phenoxy) is 1. The van der Waals surface area contributed by atoms with Crippen LogP contribution in [0.1, 0.15) is 46.0 Å². The van der Waals surface area contributed by atoms with Crippen molar-refractivity contribution in [1.82, 2.24) is 9.78 Å². The van der Waals surface area contributed by atoms with Gasteiger partial charge in [-0.25, -0.2) is 0 Å². The van der Waals surface area contributed by atoms with Crippen LogP contribution < -0.4 is 0 Å². The number of halogens is 1. The number of carbonyl (C=O) groups is 1. The number of aryl methyl sites for hydroxylation is 2. The summed E-state index contributed by atoms with van der Waals surface area (Å²) in [5, 5.41) is 5.06. The molecule has 5 heteroatoms. The Morgan fingerprint density at radius 1 is 1.40 bits per heavy atom. The predicted octanol–water partition coefficient (Wildman–Crippen LogP) is 3.29. The molecule has 20 heavy (non-hydrogen) atoms. The molecule has 1 atom stereocenters.